The molecule has 0 aliphatic heterocycles. The number of hydrazone groups is 1. The third-order valence-electron chi connectivity index (χ3n) is 3.24. The molecule has 2 aromatic rings. The molecule has 0 bridgehead atoms. The van der Waals surface area contributed by atoms with Crippen LogP contribution < -0.4 is 10.7 Å². The van der Waals surface area contributed by atoms with E-state index in [1.54, 1.807) is 24.3 Å². The molecule has 3 N–H and O–H groups in total. The highest BCUT2D eigenvalue weighted by Crippen LogP contribution is 2.32. The number of amides is 2. The molecule has 0 fully saturated rings. The monoisotopic (exact) mass is 467 g/mol. The third kappa shape index (κ3) is 5.40. The molecule has 2 rings (SSSR count). The quantitative estimate of drug-likeness (QED) is 0.465. The summed E-state index contributed by atoms with van der Waals surface area (Å²) in [5, 5.41) is 16.0. The van der Waals surface area contributed by atoms with E-state index in [9.17, 15) is 14.7 Å². The SMILES string of the molecule is Cc1ccccc1C(=O)NCC(=O)N/N=C\c1cc(Br)c(O)c(Br)c1. The summed E-state index contributed by atoms with van der Waals surface area (Å²) in [5.41, 5.74) is 4.36. The Morgan fingerprint density at radius 1 is 1.20 bits per heavy atom. The number of carbonyl (C=O) groups excluding carboxylic acids is 2. The molecular formula is C17H15Br2N3O3. The normalized spacial score (nSPS) is 10.7. The van der Waals surface area contributed by atoms with E-state index in [4.69, 9.17) is 0 Å². The minimum Gasteiger partial charge on any atom is -0.506 e. The van der Waals surface area contributed by atoms with Crippen LogP contribution in [-0.4, -0.2) is 29.7 Å². The fourth-order valence-electron chi connectivity index (χ4n) is 1.96. The molecule has 2 aromatic carbocycles. The summed E-state index contributed by atoms with van der Waals surface area (Å²) >= 11 is 6.42. The lowest BCUT2D eigenvalue weighted by Crippen LogP contribution is -2.35. The van der Waals surface area contributed by atoms with Gasteiger partial charge in [0.15, 0.2) is 0 Å². The molecule has 130 valence electrons. The van der Waals surface area contributed by atoms with E-state index in [2.05, 4.69) is 47.7 Å². The molecular weight excluding hydrogens is 454 g/mol. The molecule has 8 heteroatoms. The van der Waals surface area contributed by atoms with Crippen molar-refractivity contribution in [1.29, 1.82) is 0 Å². The van der Waals surface area contributed by atoms with Crippen LogP contribution in [0.2, 0.25) is 0 Å². The first kappa shape index (κ1) is 19.1. The molecule has 6 nitrogen and oxygen atoms in total. The zero-order valence-electron chi connectivity index (χ0n) is 13.2. The molecule has 0 aliphatic carbocycles. The molecule has 0 saturated carbocycles. The van der Waals surface area contributed by atoms with Crippen molar-refractivity contribution in [2.75, 3.05) is 6.54 Å². The number of aromatic hydroxyl groups is 1. The van der Waals surface area contributed by atoms with Crippen LogP contribution in [0.4, 0.5) is 0 Å². The van der Waals surface area contributed by atoms with Crippen molar-refractivity contribution in [2.24, 2.45) is 5.10 Å². The zero-order valence-corrected chi connectivity index (χ0v) is 16.4. The van der Waals surface area contributed by atoms with E-state index in [-0.39, 0.29) is 18.2 Å². The summed E-state index contributed by atoms with van der Waals surface area (Å²) in [4.78, 5) is 23.8. The highest BCUT2D eigenvalue weighted by molar-refractivity contribution is 9.11. The van der Waals surface area contributed by atoms with E-state index in [1.807, 2.05) is 19.1 Å². The van der Waals surface area contributed by atoms with Gasteiger partial charge in [-0.05, 0) is 68.1 Å². The van der Waals surface area contributed by atoms with Gasteiger partial charge < -0.3 is 10.4 Å². The van der Waals surface area contributed by atoms with Crippen LogP contribution in [0.25, 0.3) is 0 Å². The highest BCUT2D eigenvalue weighted by Gasteiger charge is 2.09. The average molecular weight is 469 g/mol. The van der Waals surface area contributed by atoms with Gasteiger partial charge in [0.2, 0.25) is 0 Å². The molecule has 0 saturated heterocycles. The first-order chi connectivity index (χ1) is 11.9. The predicted molar refractivity (Wildman–Crippen MR) is 103 cm³/mol. The number of rotatable bonds is 5. The fraction of sp³-hybridized carbons (Fsp3) is 0.118. The minimum absolute atomic E-state index is 0.0834. The number of nitrogens with one attached hydrogen (secondary N) is 2. The van der Waals surface area contributed by atoms with Crippen LogP contribution in [0.15, 0.2) is 50.4 Å². The maximum Gasteiger partial charge on any atom is 0.259 e. The van der Waals surface area contributed by atoms with E-state index in [1.165, 1.54) is 6.21 Å². The second kappa shape index (κ2) is 8.77. The Kier molecular flexibility index (Phi) is 6.72. The molecule has 0 unspecified atom stereocenters. The Morgan fingerprint density at radius 3 is 2.48 bits per heavy atom. The van der Waals surface area contributed by atoms with Gasteiger partial charge in [-0.1, -0.05) is 18.2 Å². The second-order valence-corrected chi connectivity index (χ2v) is 6.83. The van der Waals surface area contributed by atoms with Crippen molar-refractivity contribution >= 4 is 49.9 Å². The summed E-state index contributed by atoms with van der Waals surface area (Å²) < 4.78 is 1.00. The molecule has 0 spiro atoms. The molecule has 0 aromatic heterocycles. The number of phenolic OH excluding ortho intramolecular Hbond substituents is 1. The summed E-state index contributed by atoms with van der Waals surface area (Å²) in [6.07, 6.45) is 1.43. The van der Waals surface area contributed by atoms with Gasteiger partial charge in [-0.15, -0.1) is 0 Å². The number of phenols is 1. The van der Waals surface area contributed by atoms with E-state index >= 15 is 0 Å². The lowest BCUT2D eigenvalue weighted by atomic mass is 10.1. The Morgan fingerprint density at radius 2 is 1.84 bits per heavy atom. The van der Waals surface area contributed by atoms with Gasteiger partial charge in [-0.25, -0.2) is 5.43 Å². The van der Waals surface area contributed by atoms with Gasteiger partial charge in [0.05, 0.1) is 21.7 Å². The average Bonchev–Trinajstić information content (AvgIpc) is 2.58. The maximum atomic E-state index is 12.0. The van der Waals surface area contributed by atoms with Crippen molar-refractivity contribution in [1.82, 2.24) is 10.7 Å². The van der Waals surface area contributed by atoms with Crippen LogP contribution in [0.1, 0.15) is 21.5 Å². The van der Waals surface area contributed by atoms with Crippen LogP contribution in [-0.2, 0) is 4.79 Å². The number of aryl methyl sites for hydroxylation is 1. The minimum atomic E-state index is -0.449. The number of halogens is 2. The van der Waals surface area contributed by atoms with Gasteiger partial charge >= 0.3 is 0 Å². The summed E-state index contributed by atoms with van der Waals surface area (Å²) in [7, 11) is 0. The van der Waals surface area contributed by atoms with Gasteiger partial charge in [0.25, 0.3) is 11.8 Å². The molecule has 25 heavy (non-hydrogen) atoms. The predicted octanol–water partition coefficient (Wildman–Crippen LogP) is 3.11. The number of carbonyl (C=O) groups is 2. The Bertz CT molecular complexity index is 815. The Balaban J connectivity index is 1.87. The fourth-order valence-corrected chi connectivity index (χ4v) is 3.18. The first-order valence-electron chi connectivity index (χ1n) is 7.22. The molecule has 0 aliphatic rings. The van der Waals surface area contributed by atoms with Crippen LogP contribution in [0, 0.1) is 6.92 Å². The van der Waals surface area contributed by atoms with Gasteiger partial charge in [-0.2, -0.15) is 5.10 Å². The number of hydrogen-bond acceptors (Lipinski definition) is 4. The summed E-state index contributed by atoms with van der Waals surface area (Å²) in [6.45, 7) is 1.64. The second-order valence-electron chi connectivity index (χ2n) is 5.12. The van der Waals surface area contributed by atoms with Gasteiger partial charge in [-0.3, -0.25) is 9.59 Å². The Hall–Kier alpha value is -2.19. The summed E-state index contributed by atoms with van der Waals surface area (Å²) in [6, 6.07) is 10.4. The standard InChI is InChI=1S/C17H15Br2N3O3/c1-10-4-2-3-5-12(10)17(25)20-9-15(23)22-21-8-11-6-13(18)16(24)14(19)7-11/h2-8,24H,9H2,1H3,(H,20,25)(H,22,23)/b21-8-. The number of benzene rings is 2. The third-order valence-corrected chi connectivity index (χ3v) is 4.45. The zero-order chi connectivity index (χ0) is 18.4. The topological polar surface area (TPSA) is 90.8 Å². The lowest BCUT2D eigenvalue weighted by molar-refractivity contribution is -0.120. The van der Waals surface area contributed by atoms with E-state index in [0.717, 1.165) is 5.56 Å². The van der Waals surface area contributed by atoms with E-state index < -0.39 is 5.91 Å². The molecule has 2 amide bonds. The Labute approximate surface area is 161 Å². The van der Waals surface area contributed by atoms with Crippen molar-refractivity contribution in [3.8, 4) is 5.75 Å². The number of nitrogens with zero attached hydrogens (tertiary/aromatic N) is 1. The van der Waals surface area contributed by atoms with Crippen molar-refractivity contribution in [3.63, 3.8) is 0 Å². The molecule has 0 heterocycles. The van der Waals surface area contributed by atoms with Crippen molar-refractivity contribution < 1.29 is 14.7 Å². The van der Waals surface area contributed by atoms with Crippen LogP contribution in [0.5, 0.6) is 5.75 Å². The molecule has 0 atom stereocenters. The smallest absolute Gasteiger partial charge is 0.259 e. The highest BCUT2D eigenvalue weighted by atomic mass is 79.9. The molecule has 0 radical (unpaired) electrons. The van der Waals surface area contributed by atoms with Crippen LogP contribution >= 0.6 is 31.9 Å². The van der Waals surface area contributed by atoms with Crippen LogP contribution in [0.3, 0.4) is 0 Å². The van der Waals surface area contributed by atoms with Crippen molar-refractivity contribution in [2.45, 2.75) is 6.92 Å². The maximum absolute atomic E-state index is 12.0. The number of hydrogen-bond donors (Lipinski definition) is 3. The lowest BCUT2D eigenvalue weighted by Gasteiger charge is -2.06. The van der Waals surface area contributed by atoms with E-state index in [0.29, 0.717) is 20.1 Å². The first-order valence-corrected chi connectivity index (χ1v) is 8.81. The van der Waals surface area contributed by atoms with Gasteiger partial charge in [0, 0.05) is 5.56 Å². The van der Waals surface area contributed by atoms with Crippen molar-refractivity contribution in [3.05, 3.63) is 62.0 Å². The largest absolute Gasteiger partial charge is 0.506 e. The van der Waals surface area contributed by atoms with Gasteiger partial charge in [0.1, 0.15) is 5.75 Å². The summed E-state index contributed by atoms with van der Waals surface area (Å²) in [5.74, 6) is -0.682.